The fraction of sp³-hybridized carbons (Fsp3) is 0.188. The van der Waals surface area contributed by atoms with Gasteiger partial charge in [-0.3, -0.25) is 9.48 Å². The molecule has 0 saturated heterocycles. The van der Waals surface area contributed by atoms with Crippen LogP contribution in [0.4, 0.5) is 5.82 Å². The molecule has 0 aliphatic rings. The van der Waals surface area contributed by atoms with Gasteiger partial charge in [0.05, 0.1) is 11.2 Å². The SMILES string of the molecule is Cn1ccc(NC(=O)CCc2ncc(-c3ccc(Cl)cc3Cl)o2)n1. The van der Waals surface area contributed by atoms with E-state index in [0.29, 0.717) is 39.5 Å². The van der Waals surface area contributed by atoms with E-state index in [0.717, 1.165) is 0 Å². The Morgan fingerprint density at radius 2 is 2.17 bits per heavy atom. The average molecular weight is 365 g/mol. The van der Waals surface area contributed by atoms with Crippen LogP contribution in [0.5, 0.6) is 0 Å². The summed E-state index contributed by atoms with van der Waals surface area (Å²) < 4.78 is 7.27. The van der Waals surface area contributed by atoms with Crippen LogP contribution in [0.25, 0.3) is 11.3 Å². The predicted octanol–water partition coefficient (Wildman–Crippen LogP) is 3.95. The Balaban J connectivity index is 1.60. The molecule has 0 bridgehead atoms. The smallest absolute Gasteiger partial charge is 0.226 e. The Bertz CT molecular complexity index is 873. The number of oxazole rings is 1. The second-order valence-electron chi connectivity index (χ2n) is 5.17. The van der Waals surface area contributed by atoms with Crippen LogP contribution >= 0.6 is 23.2 Å². The van der Waals surface area contributed by atoms with E-state index in [2.05, 4.69) is 15.4 Å². The molecule has 124 valence electrons. The van der Waals surface area contributed by atoms with Crippen LogP contribution in [0.3, 0.4) is 0 Å². The molecule has 2 aromatic heterocycles. The quantitative estimate of drug-likeness (QED) is 0.743. The minimum Gasteiger partial charge on any atom is -0.441 e. The number of aryl methyl sites for hydroxylation is 2. The lowest BCUT2D eigenvalue weighted by atomic mass is 10.2. The first-order valence-electron chi connectivity index (χ1n) is 7.21. The van der Waals surface area contributed by atoms with Crippen LogP contribution in [0, 0.1) is 0 Å². The largest absolute Gasteiger partial charge is 0.441 e. The summed E-state index contributed by atoms with van der Waals surface area (Å²) in [6.45, 7) is 0. The number of aromatic nitrogens is 3. The van der Waals surface area contributed by atoms with Gasteiger partial charge in [0.2, 0.25) is 5.91 Å². The van der Waals surface area contributed by atoms with Gasteiger partial charge in [-0.25, -0.2) is 4.98 Å². The summed E-state index contributed by atoms with van der Waals surface area (Å²) in [5.41, 5.74) is 0.706. The Hall–Kier alpha value is -2.31. The van der Waals surface area contributed by atoms with Gasteiger partial charge in [-0.05, 0) is 18.2 Å². The number of halogens is 2. The zero-order valence-electron chi connectivity index (χ0n) is 12.8. The molecule has 3 rings (SSSR count). The first-order chi connectivity index (χ1) is 11.5. The second-order valence-corrected chi connectivity index (χ2v) is 6.01. The summed E-state index contributed by atoms with van der Waals surface area (Å²) in [6, 6.07) is 6.86. The number of nitrogens with one attached hydrogen (secondary N) is 1. The highest BCUT2D eigenvalue weighted by Crippen LogP contribution is 2.30. The summed E-state index contributed by atoms with van der Waals surface area (Å²) in [5, 5.41) is 7.83. The fourth-order valence-corrected chi connectivity index (χ4v) is 2.65. The summed E-state index contributed by atoms with van der Waals surface area (Å²) >= 11 is 12.0. The number of benzene rings is 1. The Labute approximate surface area is 148 Å². The average Bonchev–Trinajstić information content (AvgIpc) is 3.14. The normalized spacial score (nSPS) is 10.8. The van der Waals surface area contributed by atoms with Crippen LogP contribution in [0.15, 0.2) is 41.1 Å². The molecule has 0 unspecified atom stereocenters. The third-order valence-corrected chi connectivity index (χ3v) is 3.84. The van der Waals surface area contributed by atoms with E-state index >= 15 is 0 Å². The van der Waals surface area contributed by atoms with Crippen molar-refractivity contribution in [1.29, 1.82) is 0 Å². The van der Waals surface area contributed by atoms with Crippen LogP contribution in [0.2, 0.25) is 10.0 Å². The molecule has 0 spiro atoms. The zero-order chi connectivity index (χ0) is 17.1. The maximum absolute atomic E-state index is 11.9. The van der Waals surface area contributed by atoms with Crippen molar-refractivity contribution in [3.8, 4) is 11.3 Å². The summed E-state index contributed by atoms with van der Waals surface area (Å²) in [7, 11) is 1.78. The predicted molar refractivity (Wildman–Crippen MR) is 92.1 cm³/mol. The van der Waals surface area contributed by atoms with Crippen molar-refractivity contribution in [3.63, 3.8) is 0 Å². The van der Waals surface area contributed by atoms with E-state index < -0.39 is 0 Å². The summed E-state index contributed by atoms with van der Waals surface area (Å²) in [5.74, 6) is 1.37. The van der Waals surface area contributed by atoms with Gasteiger partial charge >= 0.3 is 0 Å². The van der Waals surface area contributed by atoms with E-state index in [9.17, 15) is 4.79 Å². The van der Waals surface area contributed by atoms with Crippen LogP contribution < -0.4 is 5.32 Å². The van der Waals surface area contributed by atoms with Gasteiger partial charge in [0, 0.05) is 42.7 Å². The van der Waals surface area contributed by atoms with Gasteiger partial charge < -0.3 is 9.73 Å². The zero-order valence-corrected chi connectivity index (χ0v) is 14.3. The van der Waals surface area contributed by atoms with Crippen LogP contribution in [-0.4, -0.2) is 20.7 Å². The molecule has 1 N–H and O–H groups in total. The molecule has 0 saturated carbocycles. The van der Waals surface area contributed by atoms with Gasteiger partial charge in [-0.1, -0.05) is 23.2 Å². The summed E-state index contributed by atoms with van der Waals surface area (Å²) in [6.07, 6.45) is 3.96. The fourth-order valence-electron chi connectivity index (χ4n) is 2.15. The monoisotopic (exact) mass is 364 g/mol. The van der Waals surface area contributed by atoms with E-state index in [4.69, 9.17) is 27.6 Å². The lowest BCUT2D eigenvalue weighted by Gasteiger charge is -2.01. The molecule has 6 nitrogen and oxygen atoms in total. The highest BCUT2D eigenvalue weighted by atomic mass is 35.5. The Morgan fingerprint density at radius 3 is 2.88 bits per heavy atom. The second kappa shape index (κ2) is 7.07. The van der Waals surface area contributed by atoms with Gasteiger partial charge in [0.25, 0.3) is 0 Å². The van der Waals surface area contributed by atoms with Crippen molar-refractivity contribution < 1.29 is 9.21 Å². The highest BCUT2D eigenvalue weighted by Gasteiger charge is 2.12. The van der Waals surface area contributed by atoms with E-state index in [-0.39, 0.29) is 12.3 Å². The van der Waals surface area contributed by atoms with E-state index in [1.54, 1.807) is 48.4 Å². The summed E-state index contributed by atoms with van der Waals surface area (Å²) in [4.78, 5) is 16.1. The van der Waals surface area contributed by atoms with Crippen LogP contribution in [0.1, 0.15) is 12.3 Å². The number of rotatable bonds is 5. The molecule has 24 heavy (non-hydrogen) atoms. The number of nitrogens with zero attached hydrogens (tertiary/aromatic N) is 3. The van der Waals surface area contributed by atoms with Crippen molar-refractivity contribution in [2.45, 2.75) is 12.8 Å². The van der Waals surface area contributed by atoms with Gasteiger partial charge in [-0.2, -0.15) is 5.10 Å². The molecule has 1 aromatic carbocycles. The third kappa shape index (κ3) is 3.96. The molecular weight excluding hydrogens is 351 g/mol. The topological polar surface area (TPSA) is 73.0 Å². The van der Waals surface area contributed by atoms with E-state index in [1.165, 1.54) is 0 Å². The van der Waals surface area contributed by atoms with Crippen molar-refractivity contribution in [1.82, 2.24) is 14.8 Å². The van der Waals surface area contributed by atoms with Crippen molar-refractivity contribution >= 4 is 34.9 Å². The molecular formula is C16H14Cl2N4O2. The number of carbonyl (C=O) groups excluding carboxylic acids is 1. The number of anilines is 1. The first kappa shape index (κ1) is 16.5. The molecule has 0 atom stereocenters. The molecule has 0 radical (unpaired) electrons. The van der Waals surface area contributed by atoms with Crippen molar-refractivity contribution in [2.24, 2.45) is 7.05 Å². The lowest BCUT2D eigenvalue weighted by molar-refractivity contribution is -0.116. The van der Waals surface area contributed by atoms with E-state index in [1.807, 2.05) is 0 Å². The van der Waals surface area contributed by atoms with Gasteiger partial charge in [-0.15, -0.1) is 0 Å². The minimum atomic E-state index is -0.155. The van der Waals surface area contributed by atoms with Gasteiger partial charge in [0.15, 0.2) is 17.5 Å². The highest BCUT2D eigenvalue weighted by molar-refractivity contribution is 6.36. The molecule has 0 aliphatic heterocycles. The molecule has 2 heterocycles. The molecule has 8 heteroatoms. The number of carbonyl (C=O) groups is 1. The number of hydrogen-bond donors (Lipinski definition) is 1. The Morgan fingerprint density at radius 1 is 1.33 bits per heavy atom. The molecule has 0 fully saturated rings. The molecule has 1 amide bonds. The maximum Gasteiger partial charge on any atom is 0.226 e. The molecule has 3 aromatic rings. The third-order valence-electron chi connectivity index (χ3n) is 3.30. The van der Waals surface area contributed by atoms with Crippen LogP contribution in [-0.2, 0) is 18.3 Å². The number of amides is 1. The minimum absolute atomic E-state index is 0.155. The number of hydrogen-bond acceptors (Lipinski definition) is 4. The lowest BCUT2D eigenvalue weighted by Crippen LogP contribution is -2.13. The van der Waals surface area contributed by atoms with Gasteiger partial charge in [0.1, 0.15) is 0 Å². The molecule has 0 aliphatic carbocycles. The standard InChI is InChI=1S/C16H14Cl2N4O2/c1-22-7-6-14(21-22)20-15(23)4-5-16-19-9-13(24-16)11-3-2-10(17)8-12(11)18/h2-3,6-9H,4-5H2,1H3,(H,20,21,23). The van der Waals surface area contributed by atoms with Crippen molar-refractivity contribution in [2.75, 3.05) is 5.32 Å². The van der Waals surface area contributed by atoms with Crippen molar-refractivity contribution in [3.05, 3.63) is 52.6 Å². The Kier molecular flexibility index (Phi) is 4.87. The first-order valence-corrected chi connectivity index (χ1v) is 7.96. The maximum atomic E-state index is 11.9.